The van der Waals surface area contributed by atoms with E-state index >= 15 is 0 Å². The fraction of sp³-hybridized carbons (Fsp3) is 0.846. The Bertz CT molecular complexity index is 439. The van der Waals surface area contributed by atoms with E-state index in [9.17, 15) is 0 Å². The highest BCUT2D eigenvalue weighted by atomic mass is 16.5. The van der Waals surface area contributed by atoms with Crippen LogP contribution < -0.4 is 5.73 Å². The maximum atomic E-state index is 6.34. The van der Waals surface area contributed by atoms with Crippen LogP contribution in [-0.4, -0.2) is 16.2 Å². The molecule has 1 aromatic heterocycles. The van der Waals surface area contributed by atoms with E-state index in [0.29, 0.717) is 17.9 Å². The fourth-order valence-corrected chi connectivity index (χ4v) is 4.84. The van der Waals surface area contributed by atoms with E-state index in [1.54, 1.807) is 0 Å². The van der Waals surface area contributed by atoms with Crippen LogP contribution in [0.5, 0.6) is 0 Å². The minimum absolute atomic E-state index is 0.174. The van der Waals surface area contributed by atoms with Crippen molar-refractivity contribution in [2.24, 2.45) is 23.5 Å². The van der Waals surface area contributed by atoms with Crippen molar-refractivity contribution in [3.8, 4) is 0 Å². The first kappa shape index (κ1) is 10.1. The Morgan fingerprint density at radius 1 is 1.24 bits per heavy atom. The molecule has 0 aliphatic heterocycles. The Morgan fingerprint density at radius 3 is 2.53 bits per heavy atom. The summed E-state index contributed by atoms with van der Waals surface area (Å²) in [7, 11) is 0. The molecule has 5 rings (SSSR count). The van der Waals surface area contributed by atoms with Crippen LogP contribution in [0.3, 0.4) is 0 Å². The topological polar surface area (TPSA) is 64.9 Å². The molecule has 2 atom stereocenters. The number of aromatic nitrogens is 2. The first-order valence-electron chi connectivity index (χ1n) is 6.73. The zero-order chi connectivity index (χ0) is 11.6. The van der Waals surface area contributed by atoms with Gasteiger partial charge in [0.1, 0.15) is 0 Å². The SMILES string of the molecule is Cc1noc(C23CC4CC(C2)C(N)C(C4)C3)n1. The van der Waals surface area contributed by atoms with Crippen molar-refractivity contribution in [2.75, 3.05) is 0 Å². The summed E-state index contributed by atoms with van der Waals surface area (Å²) < 4.78 is 5.48. The second kappa shape index (κ2) is 3.10. The Hall–Kier alpha value is -0.900. The molecular formula is C13H19N3O. The minimum Gasteiger partial charge on any atom is -0.339 e. The van der Waals surface area contributed by atoms with E-state index in [-0.39, 0.29) is 5.41 Å². The molecule has 4 heteroatoms. The van der Waals surface area contributed by atoms with Crippen LogP contribution in [0.4, 0.5) is 0 Å². The van der Waals surface area contributed by atoms with Crippen LogP contribution in [0, 0.1) is 24.7 Å². The molecule has 4 aliphatic carbocycles. The minimum atomic E-state index is 0.174. The molecule has 4 nitrogen and oxygen atoms in total. The second-order valence-electron chi connectivity index (χ2n) is 6.47. The Kier molecular flexibility index (Phi) is 1.84. The molecule has 17 heavy (non-hydrogen) atoms. The van der Waals surface area contributed by atoms with Gasteiger partial charge >= 0.3 is 0 Å². The van der Waals surface area contributed by atoms with Crippen LogP contribution in [0.1, 0.15) is 43.8 Å². The molecule has 0 amide bonds. The summed E-state index contributed by atoms with van der Waals surface area (Å²) in [6.07, 6.45) is 6.24. The Morgan fingerprint density at radius 2 is 1.94 bits per heavy atom. The average molecular weight is 233 g/mol. The summed E-state index contributed by atoms with van der Waals surface area (Å²) in [4.78, 5) is 4.51. The highest BCUT2D eigenvalue weighted by Gasteiger charge is 2.57. The molecule has 1 heterocycles. The largest absolute Gasteiger partial charge is 0.339 e. The van der Waals surface area contributed by atoms with Crippen molar-refractivity contribution >= 4 is 0 Å². The predicted octanol–water partition coefficient (Wildman–Crippen LogP) is 1.78. The van der Waals surface area contributed by atoms with Crippen molar-refractivity contribution in [1.82, 2.24) is 10.1 Å². The average Bonchev–Trinajstić information content (AvgIpc) is 2.72. The van der Waals surface area contributed by atoms with Crippen molar-refractivity contribution in [3.05, 3.63) is 11.7 Å². The lowest BCUT2D eigenvalue weighted by molar-refractivity contribution is -0.0358. The lowest BCUT2D eigenvalue weighted by Crippen LogP contribution is -2.58. The molecule has 4 bridgehead atoms. The molecule has 0 radical (unpaired) electrons. The summed E-state index contributed by atoms with van der Waals surface area (Å²) in [6.45, 7) is 1.90. The maximum Gasteiger partial charge on any atom is 0.232 e. The third-order valence-electron chi connectivity index (χ3n) is 5.33. The fourth-order valence-electron chi connectivity index (χ4n) is 4.84. The molecule has 4 saturated carbocycles. The van der Waals surface area contributed by atoms with Gasteiger partial charge in [-0.05, 0) is 56.8 Å². The number of nitrogens with zero attached hydrogens (tertiary/aromatic N) is 2. The lowest BCUT2D eigenvalue weighted by atomic mass is 9.48. The molecule has 2 unspecified atom stereocenters. The number of nitrogens with two attached hydrogens (primary N) is 1. The van der Waals surface area contributed by atoms with Crippen molar-refractivity contribution in [2.45, 2.75) is 50.5 Å². The van der Waals surface area contributed by atoms with E-state index in [1.165, 1.54) is 32.1 Å². The predicted molar refractivity (Wildman–Crippen MR) is 62.2 cm³/mol. The van der Waals surface area contributed by atoms with Gasteiger partial charge in [-0.3, -0.25) is 0 Å². The van der Waals surface area contributed by atoms with Gasteiger partial charge in [-0.2, -0.15) is 4.98 Å². The summed E-state index contributed by atoms with van der Waals surface area (Å²) in [6, 6.07) is 0.420. The van der Waals surface area contributed by atoms with E-state index in [2.05, 4.69) is 10.1 Å². The van der Waals surface area contributed by atoms with Gasteiger partial charge in [0.2, 0.25) is 5.89 Å². The quantitative estimate of drug-likeness (QED) is 0.803. The van der Waals surface area contributed by atoms with Gasteiger partial charge in [0.05, 0.1) is 5.41 Å². The van der Waals surface area contributed by atoms with E-state index in [4.69, 9.17) is 10.3 Å². The maximum absolute atomic E-state index is 6.34. The third-order valence-corrected chi connectivity index (χ3v) is 5.33. The molecule has 0 saturated heterocycles. The summed E-state index contributed by atoms with van der Waals surface area (Å²) in [5.41, 5.74) is 6.52. The zero-order valence-electron chi connectivity index (χ0n) is 10.2. The van der Waals surface area contributed by atoms with Gasteiger partial charge in [-0.1, -0.05) is 5.16 Å². The summed E-state index contributed by atoms with van der Waals surface area (Å²) in [5, 5.41) is 3.98. The molecule has 0 spiro atoms. The van der Waals surface area contributed by atoms with Gasteiger partial charge < -0.3 is 10.3 Å². The normalized spacial score (nSPS) is 47.6. The number of aryl methyl sites for hydroxylation is 1. The zero-order valence-corrected chi connectivity index (χ0v) is 10.2. The summed E-state index contributed by atoms with van der Waals surface area (Å²) >= 11 is 0. The van der Waals surface area contributed by atoms with E-state index in [1.807, 2.05) is 6.92 Å². The van der Waals surface area contributed by atoms with E-state index < -0.39 is 0 Å². The van der Waals surface area contributed by atoms with E-state index in [0.717, 1.165) is 17.6 Å². The van der Waals surface area contributed by atoms with Gasteiger partial charge in [-0.15, -0.1) is 0 Å². The molecular weight excluding hydrogens is 214 g/mol. The highest BCUT2D eigenvalue weighted by Crippen LogP contribution is 2.59. The van der Waals surface area contributed by atoms with Gasteiger partial charge in [0.25, 0.3) is 0 Å². The second-order valence-corrected chi connectivity index (χ2v) is 6.47. The Balaban J connectivity index is 1.75. The first-order valence-corrected chi connectivity index (χ1v) is 6.73. The molecule has 4 aliphatic rings. The van der Waals surface area contributed by atoms with Crippen LogP contribution in [-0.2, 0) is 5.41 Å². The monoisotopic (exact) mass is 233 g/mol. The molecule has 92 valence electrons. The van der Waals surface area contributed by atoms with Crippen LogP contribution in [0.2, 0.25) is 0 Å². The lowest BCUT2D eigenvalue weighted by Gasteiger charge is -2.57. The molecule has 1 aromatic rings. The van der Waals surface area contributed by atoms with Crippen LogP contribution >= 0.6 is 0 Å². The molecule has 0 aromatic carbocycles. The standard InChI is InChI=1S/C13H19N3O/c1-7-15-12(17-16-7)13-4-8-2-9(5-13)11(14)10(3-8)6-13/h8-11H,2-6,14H2,1H3. The van der Waals surface area contributed by atoms with Crippen molar-refractivity contribution < 1.29 is 4.52 Å². The van der Waals surface area contributed by atoms with Gasteiger partial charge in [0.15, 0.2) is 5.82 Å². The number of rotatable bonds is 1. The van der Waals surface area contributed by atoms with Gasteiger partial charge in [0, 0.05) is 6.04 Å². The van der Waals surface area contributed by atoms with Crippen LogP contribution in [0.15, 0.2) is 4.52 Å². The molecule has 4 fully saturated rings. The van der Waals surface area contributed by atoms with Gasteiger partial charge in [-0.25, -0.2) is 0 Å². The molecule has 2 N–H and O–H groups in total. The Labute approximate surface area is 101 Å². The van der Waals surface area contributed by atoms with Crippen molar-refractivity contribution in [3.63, 3.8) is 0 Å². The number of hydrogen-bond donors (Lipinski definition) is 1. The third kappa shape index (κ3) is 1.27. The highest BCUT2D eigenvalue weighted by molar-refractivity contribution is 5.17. The number of hydrogen-bond acceptors (Lipinski definition) is 4. The van der Waals surface area contributed by atoms with Crippen molar-refractivity contribution in [1.29, 1.82) is 0 Å². The smallest absolute Gasteiger partial charge is 0.232 e. The summed E-state index contributed by atoms with van der Waals surface area (Å²) in [5.74, 6) is 3.88. The first-order chi connectivity index (χ1) is 8.16. The van der Waals surface area contributed by atoms with Crippen LogP contribution in [0.25, 0.3) is 0 Å².